The highest BCUT2D eigenvalue weighted by Gasteiger charge is 2.31. The molecule has 0 bridgehead atoms. The molecule has 1 aliphatic rings. The fourth-order valence-corrected chi connectivity index (χ4v) is 4.31. The molecule has 1 unspecified atom stereocenters. The van der Waals surface area contributed by atoms with Crippen molar-refractivity contribution >= 4 is 10.0 Å². The molecule has 0 amide bonds. The van der Waals surface area contributed by atoms with Crippen LogP contribution in [-0.4, -0.2) is 35.8 Å². The van der Waals surface area contributed by atoms with Gasteiger partial charge < -0.3 is 0 Å². The highest BCUT2D eigenvalue weighted by molar-refractivity contribution is 7.89. The summed E-state index contributed by atoms with van der Waals surface area (Å²) in [7, 11) is -3.43. The van der Waals surface area contributed by atoms with Gasteiger partial charge in [0.1, 0.15) is 0 Å². The van der Waals surface area contributed by atoms with E-state index in [0.29, 0.717) is 18.0 Å². The summed E-state index contributed by atoms with van der Waals surface area (Å²) in [6.07, 6.45) is 6.80. The molecule has 1 aromatic carbocycles. The monoisotopic (exact) mass is 317 g/mol. The summed E-state index contributed by atoms with van der Waals surface area (Å²) >= 11 is 0. The molecule has 5 nitrogen and oxygen atoms in total. The van der Waals surface area contributed by atoms with Crippen molar-refractivity contribution in [1.82, 2.24) is 14.3 Å². The van der Waals surface area contributed by atoms with E-state index >= 15 is 0 Å². The third kappa shape index (κ3) is 3.03. The van der Waals surface area contributed by atoms with Crippen LogP contribution in [-0.2, 0) is 10.0 Å². The molecular formula is C16H19N3O2S. The summed E-state index contributed by atoms with van der Waals surface area (Å²) in [5.74, 6) is 0.114. The summed E-state index contributed by atoms with van der Waals surface area (Å²) in [6.45, 7) is 2.98. The smallest absolute Gasteiger partial charge is 0.243 e. The normalized spacial score (nSPS) is 20.0. The Kier molecular flexibility index (Phi) is 4.22. The van der Waals surface area contributed by atoms with E-state index in [1.165, 1.54) is 0 Å². The maximum Gasteiger partial charge on any atom is 0.243 e. The molecule has 1 aliphatic heterocycles. The summed E-state index contributed by atoms with van der Waals surface area (Å²) in [6, 6.07) is 7.02. The van der Waals surface area contributed by atoms with Gasteiger partial charge in [-0.3, -0.25) is 9.97 Å². The molecule has 1 aromatic heterocycles. The van der Waals surface area contributed by atoms with Crippen LogP contribution < -0.4 is 0 Å². The van der Waals surface area contributed by atoms with Gasteiger partial charge in [0.25, 0.3) is 0 Å². The number of aryl methyl sites for hydroxylation is 1. The SMILES string of the molecule is Cc1ccc(S(=O)(=O)N2CCCC(c3cnccn3)C2)cc1. The maximum absolute atomic E-state index is 12.8. The van der Waals surface area contributed by atoms with Crippen LogP contribution in [0.4, 0.5) is 0 Å². The molecule has 0 aliphatic carbocycles. The number of benzene rings is 1. The first-order valence-corrected chi connectivity index (χ1v) is 8.84. The van der Waals surface area contributed by atoms with Crippen molar-refractivity contribution in [3.05, 3.63) is 54.1 Å². The molecule has 1 saturated heterocycles. The third-order valence-electron chi connectivity index (χ3n) is 4.04. The molecule has 0 saturated carbocycles. The van der Waals surface area contributed by atoms with Gasteiger partial charge >= 0.3 is 0 Å². The Labute approximate surface area is 131 Å². The van der Waals surface area contributed by atoms with Crippen molar-refractivity contribution in [2.24, 2.45) is 0 Å². The van der Waals surface area contributed by atoms with E-state index in [0.717, 1.165) is 24.1 Å². The summed E-state index contributed by atoms with van der Waals surface area (Å²) in [5, 5.41) is 0. The minimum atomic E-state index is -3.43. The fraction of sp³-hybridized carbons (Fsp3) is 0.375. The lowest BCUT2D eigenvalue weighted by molar-refractivity contribution is 0.312. The number of hydrogen-bond acceptors (Lipinski definition) is 4. The molecule has 1 atom stereocenters. The highest BCUT2D eigenvalue weighted by atomic mass is 32.2. The summed E-state index contributed by atoms with van der Waals surface area (Å²) in [5.41, 5.74) is 1.92. The Balaban J connectivity index is 1.83. The topological polar surface area (TPSA) is 63.2 Å². The molecule has 116 valence electrons. The Morgan fingerprint density at radius 1 is 1.18 bits per heavy atom. The number of rotatable bonds is 3. The van der Waals surface area contributed by atoms with E-state index in [1.54, 1.807) is 35.0 Å². The molecule has 22 heavy (non-hydrogen) atoms. The lowest BCUT2D eigenvalue weighted by Gasteiger charge is -2.31. The van der Waals surface area contributed by atoms with E-state index < -0.39 is 10.0 Å². The molecule has 0 spiro atoms. The number of hydrogen-bond donors (Lipinski definition) is 0. The van der Waals surface area contributed by atoms with Gasteiger partial charge in [-0.1, -0.05) is 17.7 Å². The standard InChI is InChI=1S/C16H19N3O2S/c1-13-4-6-15(7-5-13)22(20,21)19-10-2-3-14(12-19)16-11-17-8-9-18-16/h4-9,11,14H,2-3,10,12H2,1H3. The molecule has 6 heteroatoms. The van der Waals surface area contributed by atoms with E-state index in [1.807, 2.05) is 19.1 Å². The number of aromatic nitrogens is 2. The largest absolute Gasteiger partial charge is 0.261 e. The average Bonchev–Trinajstić information content (AvgIpc) is 2.56. The summed E-state index contributed by atoms with van der Waals surface area (Å²) < 4.78 is 27.1. The van der Waals surface area contributed by atoms with Crippen LogP contribution in [0.25, 0.3) is 0 Å². The maximum atomic E-state index is 12.8. The first-order chi connectivity index (χ1) is 10.6. The Morgan fingerprint density at radius 2 is 1.95 bits per heavy atom. The van der Waals surface area contributed by atoms with Crippen LogP contribution in [0.3, 0.4) is 0 Å². The van der Waals surface area contributed by atoms with Crippen molar-refractivity contribution in [3.8, 4) is 0 Å². The van der Waals surface area contributed by atoms with Crippen molar-refractivity contribution < 1.29 is 8.42 Å². The van der Waals surface area contributed by atoms with Crippen LogP contribution in [0.1, 0.15) is 30.0 Å². The quantitative estimate of drug-likeness (QED) is 0.872. The van der Waals surface area contributed by atoms with Gasteiger partial charge in [-0.2, -0.15) is 4.31 Å². The van der Waals surface area contributed by atoms with E-state index in [9.17, 15) is 8.42 Å². The highest BCUT2D eigenvalue weighted by Crippen LogP contribution is 2.28. The van der Waals surface area contributed by atoms with Crippen LogP contribution in [0.15, 0.2) is 47.8 Å². The predicted octanol–water partition coefficient (Wildman–Crippen LogP) is 2.35. The minimum Gasteiger partial charge on any atom is -0.261 e. The molecule has 0 N–H and O–H groups in total. The summed E-state index contributed by atoms with van der Waals surface area (Å²) in [4.78, 5) is 8.76. The average molecular weight is 317 g/mol. The minimum absolute atomic E-state index is 0.114. The van der Waals surface area contributed by atoms with Gasteiger partial charge in [-0.25, -0.2) is 8.42 Å². The van der Waals surface area contributed by atoms with Crippen molar-refractivity contribution in [3.63, 3.8) is 0 Å². The van der Waals surface area contributed by atoms with Crippen LogP contribution >= 0.6 is 0 Å². The van der Waals surface area contributed by atoms with Crippen LogP contribution in [0, 0.1) is 6.92 Å². The van der Waals surface area contributed by atoms with Crippen molar-refractivity contribution in [1.29, 1.82) is 0 Å². The number of sulfonamides is 1. The zero-order valence-corrected chi connectivity index (χ0v) is 13.3. The third-order valence-corrected chi connectivity index (χ3v) is 5.92. The van der Waals surface area contributed by atoms with E-state index in [-0.39, 0.29) is 5.92 Å². The Morgan fingerprint density at radius 3 is 2.64 bits per heavy atom. The lowest BCUT2D eigenvalue weighted by atomic mass is 9.96. The molecule has 2 aromatic rings. The van der Waals surface area contributed by atoms with Crippen molar-refractivity contribution in [2.45, 2.75) is 30.6 Å². The molecule has 3 rings (SSSR count). The second-order valence-electron chi connectivity index (χ2n) is 5.65. The second-order valence-corrected chi connectivity index (χ2v) is 7.58. The second kappa shape index (κ2) is 6.14. The van der Waals surface area contributed by atoms with Gasteiger partial charge in [-0.15, -0.1) is 0 Å². The molecule has 2 heterocycles. The van der Waals surface area contributed by atoms with Crippen molar-refractivity contribution in [2.75, 3.05) is 13.1 Å². The number of nitrogens with zero attached hydrogens (tertiary/aromatic N) is 3. The first-order valence-electron chi connectivity index (χ1n) is 7.40. The van der Waals surface area contributed by atoms with Gasteiger partial charge in [-0.05, 0) is 31.9 Å². The zero-order valence-electron chi connectivity index (χ0n) is 12.5. The Hall–Kier alpha value is -1.79. The van der Waals surface area contributed by atoms with Gasteiger partial charge in [0.2, 0.25) is 10.0 Å². The van der Waals surface area contributed by atoms with Gasteiger partial charge in [0, 0.05) is 37.6 Å². The molecule has 0 radical (unpaired) electrons. The van der Waals surface area contributed by atoms with E-state index in [4.69, 9.17) is 0 Å². The van der Waals surface area contributed by atoms with E-state index in [2.05, 4.69) is 9.97 Å². The number of piperidine rings is 1. The van der Waals surface area contributed by atoms with Crippen LogP contribution in [0.2, 0.25) is 0 Å². The predicted molar refractivity (Wildman–Crippen MR) is 83.9 cm³/mol. The Bertz CT molecular complexity index is 730. The fourth-order valence-electron chi connectivity index (χ4n) is 2.78. The molecule has 1 fully saturated rings. The van der Waals surface area contributed by atoms with Crippen LogP contribution in [0.5, 0.6) is 0 Å². The molecular weight excluding hydrogens is 298 g/mol. The lowest BCUT2D eigenvalue weighted by Crippen LogP contribution is -2.39. The first kappa shape index (κ1) is 15.1. The van der Waals surface area contributed by atoms with Gasteiger partial charge in [0.05, 0.1) is 10.6 Å². The van der Waals surface area contributed by atoms with Gasteiger partial charge in [0.15, 0.2) is 0 Å². The zero-order chi connectivity index (χ0) is 15.6.